The smallest absolute Gasteiger partial charge is 0.150 e. The minimum Gasteiger partial charge on any atom is -0.401 e. The molecule has 0 radical (unpaired) electrons. The van der Waals surface area contributed by atoms with Crippen LogP contribution in [-0.2, 0) is 4.79 Å². The molecule has 0 aliphatic heterocycles. The highest BCUT2D eigenvalue weighted by Crippen LogP contribution is 1.84. The van der Waals surface area contributed by atoms with E-state index in [0.29, 0.717) is 5.70 Å². The standard InChI is InChI=1S/C6H13N3O/c1-5(7)3-9(8)4-6(2)10/h3H,4,7-8H2,1-2H3/b5-3-. The molecule has 0 aliphatic rings. The molecule has 0 fully saturated rings. The SMILES string of the molecule is CC(=O)CN(N)/C=C(/C)N. The molecule has 4 N–H and O–H groups in total. The van der Waals surface area contributed by atoms with Crippen LogP contribution in [0.1, 0.15) is 13.8 Å². The third kappa shape index (κ3) is 5.11. The first kappa shape index (κ1) is 8.97. The molecule has 0 heterocycles. The summed E-state index contributed by atoms with van der Waals surface area (Å²) < 4.78 is 0. The largest absolute Gasteiger partial charge is 0.401 e. The van der Waals surface area contributed by atoms with E-state index in [1.807, 2.05) is 0 Å². The maximum absolute atomic E-state index is 10.4. The van der Waals surface area contributed by atoms with Crippen LogP contribution in [0.2, 0.25) is 0 Å². The number of hydrogen-bond donors (Lipinski definition) is 2. The van der Waals surface area contributed by atoms with Crippen molar-refractivity contribution in [2.24, 2.45) is 11.6 Å². The average Bonchev–Trinajstić information content (AvgIpc) is 1.58. The van der Waals surface area contributed by atoms with Crippen molar-refractivity contribution < 1.29 is 4.79 Å². The van der Waals surface area contributed by atoms with Gasteiger partial charge in [0.15, 0.2) is 5.78 Å². The summed E-state index contributed by atoms with van der Waals surface area (Å²) in [7, 11) is 0. The Hall–Kier alpha value is -1.03. The normalized spacial score (nSPS) is 11.3. The summed E-state index contributed by atoms with van der Waals surface area (Å²) in [6, 6.07) is 0. The van der Waals surface area contributed by atoms with E-state index in [-0.39, 0.29) is 12.3 Å². The Kier molecular flexibility index (Phi) is 3.49. The number of carbonyl (C=O) groups excluding carboxylic acids is 1. The van der Waals surface area contributed by atoms with Crippen molar-refractivity contribution in [1.29, 1.82) is 0 Å². The Balaban J connectivity index is 3.75. The summed E-state index contributed by atoms with van der Waals surface area (Å²) in [6.07, 6.45) is 1.52. The lowest BCUT2D eigenvalue weighted by molar-refractivity contribution is -0.117. The van der Waals surface area contributed by atoms with Gasteiger partial charge in [-0.1, -0.05) is 0 Å². The van der Waals surface area contributed by atoms with Gasteiger partial charge in [-0.2, -0.15) is 0 Å². The third-order valence-corrected chi connectivity index (χ3v) is 0.775. The summed E-state index contributed by atoms with van der Waals surface area (Å²) in [5.74, 6) is 5.35. The molecular weight excluding hydrogens is 130 g/mol. The predicted octanol–water partition coefficient (Wildman–Crippen LogP) is -0.429. The maximum atomic E-state index is 10.4. The van der Waals surface area contributed by atoms with Gasteiger partial charge < -0.3 is 10.7 Å². The number of Topliss-reactive ketones (excluding diaryl/α,β-unsaturated/α-hetero) is 1. The Morgan fingerprint density at radius 1 is 1.60 bits per heavy atom. The highest BCUT2D eigenvalue weighted by atomic mass is 16.1. The lowest BCUT2D eigenvalue weighted by atomic mass is 10.4. The Labute approximate surface area is 60.4 Å². The highest BCUT2D eigenvalue weighted by molar-refractivity contribution is 5.77. The number of nitrogens with zero attached hydrogens (tertiary/aromatic N) is 1. The molecule has 0 unspecified atom stereocenters. The topological polar surface area (TPSA) is 72.3 Å². The fraction of sp³-hybridized carbons (Fsp3) is 0.500. The zero-order valence-electron chi connectivity index (χ0n) is 6.29. The van der Waals surface area contributed by atoms with Gasteiger partial charge in [-0.05, 0) is 13.8 Å². The molecule has 0 saturated carbocycles. The molecule has 10 heavy (non-hydrogen) atoms. The summed E-state index contributed by atoms with van der Waals surface area (Å²) >= 11 is 0. The van der Waals surface area contributed by atoms with E-state index in [4.69, 9.17) is 11.6 Å². The summed E-state index contributed by atoms with van der Waals surface area (Å²) in [4.78, 5) is 10.4. The van der Waals surface area contributed by atoms with Gasteiger partial charge in [0, 0.05) is 11.9 Å². The first-order valence-electron chi connectivity index (χ1n) is 2.97. The van der Waals surface area contributed by atoms with Crippen molar-refractivity contribution in [3.63, 3.8) is 0 Å². The van der Waals surface area contributed by atoms with Crippen molar-refractivity contribution >= 4 is 5.78 Å². The van der Waals surface area contributed by atoms with E-state index < -0.39 is 0 Å². The molecule has 0 atom stereocenters. The average molecular weight is 143 g/mol. The molecule has 0 aromatic rings. The van der Waals surface area contributed by atoms with Crippen molar-refractivity contribution in [3.05, 3.63) is 11.9 Å². The van der Waals surface area contributed by atoms with Crippen LogP contribution in [0.3, 0.4) is 0 Å². The van der Waals surface area contributed by atoms with E-state index in [9.17, 15) is 4.79 Å². The summed E-state index contributed by atoms with van der Waals surface area (Å²) in [5, 5.41) is 1.26. The zero-order valence-corrected chi connectivity index (χ0v) is 6.29. The molecular formula is C6H13N3O. The molecule has 4 nitrogen and oxygen atoms in total. The first-order valence-corrected chi connectivity index (χ1v) is 2.97. The first-order chi connectivity index (χ1) is 4.52. The van der Waals surface area contributed by atoms with Crippen molar-refractivity contribution in [3.8, 4) is 0 Å². The van der Waals surface area contributed by atoms with E-state index >= 15 is 0 Å². The molecule has 4 heteroatoms. The van der Waals surface area contributed by atoms with Crippen LogP contribution in [0.4, 0.5) is 0 Å². The van der Waals surface area contributed by atoms with Crippen LogP contribution in [0.25, 0.3) is 0 Å². The minimum absolute atomic E-state index is 0.0139. The van der Waals surface area contributed by atoms with Crippen molar-refractivity contribution in [1.82, 2.24) is 5.01 Å². The Bertz CT molecular complexity index is 149. The van der Waals surface area contributed by atoms with Crippen LogP contribution in [-0.4, -0.2) is 17.3 Å². The summed E-state index contributed by atoms with van der Waals surface area (Å²) in [6.45, 7) is 3.38. The Morgan fingerprint density at radius 2 is 2.10 bits per heavy atom. The van der Waals surface area contributed by atoms with Crippen LogP contribution < -0.4 is 11.6 Å². The number of ketones is 1. The molecule has 0 aromatic heterocycles. The lowest BCUT2D eigenvalue weighted by Crippen LogP contribution is -2.30. The van der Waals surface area contributed by atoms with Gasteiger partial charge in [0.2, 0.25) is 0 Å². The molecule has 0 aromatic carbocycles. The van der Waals surface area contributed by atoms with Crippen molar-refractivity contribution in [2.75, 3.05) is 6.54 Å². The van der Waals surface area contributed by atoms with E-state index in [1.165, 1.54) is 18.1 Å². The molecule has 0 saturated heterocycles. The summed E-state index contributed by atoms with van der Waals surface area (Å²) in [5.41, 5.74) is 5.88. The second-order valence-corrected chi connectivity index (χ2v) is 2.25. The number of allylic oxidation sites excluding steroid dienone is 1. The van der Waals surface area contributed by atoms with Crippen LogP contribution in [0.5, 0.6) is 0 Å². The predicted molar refractivity (Wildman–Crippen MR) is 39.5 cm³/mol. The number of nitrogens with two attached hydrogens (primary N) is 2. The van der Waals surface area contributed by atoms with Gasteiger partial charge in [0.05, 0.1) is 6.54 Å². The van der Waals surface area contributed by atoms with Gasteiger partial charge in [0.1, 0.15) is 0 Å². The van der Waals surface area contributed by atoms with Gasteiger partial charge in [-0.25, -0.2) is 5.84 Å². The molecule has 0 spiro atoms. The van der Waals surface area contributed by atoms with Crippen LogP contribution >= 0.6 is 0 Å². The van der Waals surface area contributed by atoms with Gasteiger partial charge in [-0.15, -0.1) is 0 Å². The van der Waals surface area contributed by atoms with Crippen LogP contribution in [0, 0.1) is 0 Å². The fourth-order valence-electron chi connectivity index (χ4n) is 0.564. The highest BCUT2D eigenvalue weighted by Gasteiger charge is 1.95. The van der Waals surface area contributed by atoms with E-state index in [1.54, 1.807) is 6.92 Å². The number of hydrogen-bond acceptors (Lipinski definition) is 4. The second kappa shape index (κ2) is 3.90. The quantitative estimate of drug-likeness (QED) is 0.415. The number of hydrazine groups is 1. The second-order valence-electron chi connectivity index (χ2n) is 2.25. The van der Waals surface area contributed by atoms with Gasteiger partial charge >= 0.3 is 0 Å². The molecule has 0 aliphatic carbocycles. The lowest BCUT2D eigenvalue weighted by Gasteiger charge is -2.10. The monoisotopic (exact) mass is 143 g/mol. The van der Waals surface area contributed by atoms with Crippen LogP contribution in [0.15, 0.2) is 11.9 Å². The zero-order chi connectivity index (χ0) is 8.15. The van der Waals surface area contributed by atoms with Gasteiger partial charge in [0.25, 0.3) is 0 Å². The molecule has 0 amide bonds. The molecule has 0 bridgehead atoms. The Morgan fingerprint density at radius 3 is 2.40 bits per heavy atom. The van der Waals surface area contributed by atoms with E-state index in [2.05, 4.69) is 0 Å². The minimum atomic E-state index is 0.0139. The fourth-order valence-corrected chi connectivity index (χ4v) is 0.564. The van der Waals surface area contributed by atoms with Gasteiger partial charge in [-0.3, -0.25) is 4.79 Å². The maximum Gasteiger partial charge on any atom is 0.150 e. The van der Waals surface area contributed by atoms with Crippen molar-refractivity contribution in [2.45, 2.75) is 13.8 Å². The number of rotatable bonds is 3. The molecule has 0 rings (SSSR count). The molecule has 58 valence electrons. The third-order valence-electron chi connectivity index (χ3n) is 0.775. The number of carbonyl (C=O) groups is 1. The van der Waals surface area contributed by atoms with E-state index in [0.717, 1.165) is 0 Å².